The zero-order valence-corrected chi connectivity index (χ0v) is 19.1. The molecule has 1 aromatic carbocycles. The quantitative estimate of drug-likeness (QED) is 0.454. The van der Waals surface area contributed by atoms with Crippen molar-refractivity contribution in [3.05, 3.63) is 33.6 Å². The smallest absolute Gasteiger partial charge is 0.262 e. The van der Waals surface area contributed by atoms with Crippen molar-refractivity contribution in [2.24, 2.45) is 5.92 Å². The normalized spacial score (nSPS) is 15.2. The topological polar surface area (TPSA) is 55.2 Å². The van der Waals surface area contributed by atoms with E-state index in [0.717, 1.165) is 19.3 Å². The Labute approximate surface area is 181 Å². The molecule has 1 fully saturated rings. The fourth-order valence-electron chi connectivity index (χ4n) is 3.77. The van der Waals surface area contributed by atoms with Gasteiger partial charge in [-0.2, -0.15) is 0 Å². The highest BCUT2D eigenvalue weighted by molar-refractivity contribution is 7.99. The van der Waals surface area contributed by atoms with Crippen molar-refractivity contribution in [2.75, 3.05) is 12.8 Å². The SMILES string of the molecule is CC(C)CCn1c(SCC(=O)N(C)C2CCCCC2)nc2cc(Cl)ccc2c1=O. The molecule has 5 nitrogen and oxygen atoms in total. The van der Waals surface area contributed by atoms with Crippen LogP contribution in [-0.4, -0.2) is 39.2 Å². The van der Waals surface area contributed by atoms with Crippen molar-refractivity contribution >= 4 is 40.2 Å². The van der Waals surface area contributed by atoms with Gasteiger partial charge in [0.1, 0.15) is 0 Å². The lowest BCUT2D eigenvalue weighted by molar-refractivity contribution is -0.129. The van der Waals surface area contributed by atoms with Crippen molar-refractivity contribution in [2.45, 2.75) is 70.1 Å². The van der Waals surface area contributed by atoms with Crippen molar-refractivity contribution < 1.29 is 4.79 Å². The lowest BCUT2D eigenvalue weighted by Gasteiger charge is -2.31. The molecule has 0 atom stereocenters. The average molecular weight is 436 g/mol. The molecule has 0 spiro atoms. The summed E-state index contributed by atoms with van der Waals surface area (Å²) in [7, 11) is 1.90. The molecule has 7 heteroatoms. The number of halogens is 1. The number of fused-ring (bicyclic) bond motifs is 1. The summed E-state index contributed by atoms with van der Waals surface area (Å²) in [6.07, 6.45) is 6.69. The van der Waals surface area contributed by atoms with Crippen molar-refractivity contribution in [3.8, 4) is 0 Å². The molecular weight excluding hydrogens is 406 g/mol. The maximum Gasteiger partial charge on any atom is 0.262 e. The largest absolute Gasteiger partial charge is 0.342 e. The summed E-state index contributed by atoms with van der Waals surface area (Å²) in [5.74, 6) is 0.852. The van der Waals surface area contributed by atoms with Crippen LogP contribution >= 0.6 is 23.4 Å². The van der Waals surface area contributed by atoms with Gasteiger partial charge in [0.05, 0.1) is 16.7 Å². The van der Waals surface area contributed by atoms with Crippen LogP contribution < -0.4 is 5.56 Å². The molecule has 0 aliphatic heterocycles. The number of benzene rings is 1. The highest BCUT2D eigenvalue weighted by Crippen LogP contribution is 2.24. The van der Waals surface area contributed by atoms with Crippen molar-refractivity contribution in [1.29, 1.82) is 0 Å². The van der Waals surface area contributed by atoms with E-state index in [0.29, 0.717) is 39.6 Å². The third kappa shape index (κ3) is 5.54. The summed E-state index contributed by atoms with van der Waals surface area (Å²) < 4.78 is 1.72. The molecule has 0 N–H and O–H groups in total. The summed E-state index contributed by atoms with van der Waals surface area (Å²) in [5.41, 5.74) is 0.516. The number of thioether (sulfide) groups is 1. The Morgan fingerprint density at radius 2 is 2.03 bits per heavy atom. The average Bonchev–Trinajstić information content (AvgIpc) is 2.71. The van der Waals surface area contributed by atoms with Crippen LogP contribution in [0, 0.1) is 5.92 Å². The molecule has 0 bridgehead atoms. The van der Waals surface area contributed by atoms with Gasteiger partial charge < -0.3 is 4.90 Å². The van der Waals surface area contributed by atoms with Gasteiger partial charge in [0.25, 0.3) is 5.56 Å². The van der Waals surface area contributed by atoms with E-state index in [9.17, 15) is 9.59 Å². The molecule has 1 aromatic heterocycles. The number of rotatable bonds is 7. The van der Waals surface area contributed by atoms with Crippen LogP contribution in [0.2, 0.25) is 5.02 Å². The molecule has 0 unspecified atom stereocenters. The second kappa shape index (κ2) is 9.98. The second-order valence-corrected chi connectivity index (χ2v) is 9.66. The predicted molar refractivity (Wildman–Crippen MR) is 121 cm³/mol. The molecule has 3 rings (SSSR count). The minimum absolute atomic E-state index is 0.0668. The van der Waals surface area contributed by atoms with E-state index in [4.69, 9.17) is 11.6 Å². The van der Waals surface area contributed by atoms with Gasteiger partial charge in [0.2, 0.25) is 5.91 Å². The van der Waals surface area contributed by atoms with Gasteiger partial charge >= 0.3 is 0 Å². The molecule has 1 amide bonds. The molecule has 0 radical (unpaired) electrons. The molecule has 0 saturated heterocycles. The Morgan fingerprint density at radius 1 is 1.31 bits per heavy atom. The molecule has 1 saturated carbocycles. The number of hydrogen-bond acceptors (Lipinski definition) is 4. The lowest BCUT2D eigenvalue weighted by atomic mass is 9.94. The van der Waals surface area contributed by atoms with Crippen molar-refractivity contribution in [3.63, 3.8) is 0 Å². The summed E-state index contributed by atoms with van der Waals surface area (Å²) in [6.45, 7) is 4.86. The summed E-state index contributed by atoms with van der Waals surface area (Å²) in [6, 6.07) is 5.50. The Balaban J connectivity index is 1.83. The monoisotopic (exact) mass is 435 g/mol. The summed E-state index contributed by atoms with van der Waals surface area (Å²) in [5, 5.41) is 1.71. The van der Waals surface area contributed by atoms with Gasteiger partial charge in [-0.1, -0.05) is 56.5 Å². The fraction of sp³-hybridized carbons (Fsp3) is 0.591. The van der Waals surface area contributed by atoms with Gasteiger partial charge in [-0.25, -0.2) is 4.98 Å². The Kier molecular flexibility index (Phi) is 7.63. The molecule has 1 aliphatic carbocycles. The summed E-state index contributed by atoms with van der Waals surface area (Å²) >= 11 is 7.46. The van der Waals surface area contributed by atoms with Crippen LogP contribution in [0.4, 0.5) is 0 Å². The highest BCUT2D eigenvalue weighted by Gasteiger charge is 2.23. The molecular formula is C22H30ClN3O2S. The lowest BCUT2D eigenvalue weighted by Crippen LogP contribution is -2.39. The minimum Gasteiger partial charge on any atom is -0.342 e. The predicted octanol–water partition coefficient (Wildman–Crippen LogP) is 4.98. The summed E-state index contributed by atoms with van der Waals surface area (Å²) in [4.78, 5) is 32.4. The standard InChI is InChI=1S/C22H30ClN3O2S/c1-15(2)11-12-26-21(28)18-10-9-16(23)13-19(18)24-22(26)29-14-20(27)25(3)17-7-5-4-6-8-17/h9-10,13,15,17H,4-8,11-12,14H2,1-3H3. The first kappa shape index (κ1) is 22.2. The number of carbonyl (C=O) groups excluding carboxylic acids is 1. The minimum atomic E-state index is -0.0668. The van der Waals surface area contributed by atoms with Gasteiger partial charge in [-0.15, -0.1) is 0 Å². The van der Waals surface area contributed by atoms with Crippen molar-refractivity contribution in [1.82, 2.24) is 14.5 Å². The zero-order valence-electron chi connectivity index (χ0n) is 17.5. The van der Waals surface area contributed by atoms with E-state index in [1.807, 2.05) is 11.9 Å². The van der Waals surface area contributed by atoms with Crippen LogP contribution in [0.25, 0.3) is 10.9 Å². The van der Waals surface area contributed by atoms with Crippen LogP contribution in [0.3, 0.4) is 0 Å². The fourth-order valence-corrected chi connectivity index (χ4v) is 4.88. The number of nitrogens with zero attached hydrogens (tertiary/aromatic N) is 3. The third-order valence-electron chi connectivity index (χ3n) is 5.65. The van der Waals surface area contributed by atoms with Gasteiger partial charge in [-0.05, 0) is 43.4 Å². The van der Waals surface area contributed by atoms with E-state index in [1.54, 1.807) is 22.8 Å². The Bertz CT molecular complexity index is 922. The molecule has 29 heavy (non-hydrogen) atoms. The highest BCUT2D eigenvalue weighted by atomic mass is 35.5. The third-order valence-corrected chi connectivity index (χ3v) is 6.85. The Morgan fingerprint density at radius 3 is 2.72 bits per heavy atom. The second-order valence-electron chi connectivity index (χ2n) is 8.28. The zero-order chi connectivity index (χ0) is 21.0. The van der Waals surface area contributed by atoms with E-state index in [2.05, 4.69) is 18.8 Å². The van der Waals surface area contributed by atoms with Crippen LogP contribution in [-0.2, 0) is 11.3 Å². The van der Waals surface area contributed by atoms with E-state index in [1.165, 1.54) is 31.0 Å². The van der Waals surface area contributed by atoms with E-state index in [-0.39, 0.29) is 17.2 Å². The maximum atomic E-state index is 13.1. The molecule has 1 aliphatic rings. The first-order valence-electron chi connectivity index (χ1n) is 10.5. The number of carbonyl (C=O) groups is 1. The van der Waals surface area contributed by atoms with E-state index < -0.39 is 0 Å². The number of amides is 1. The first-order valence-corrected chi connectivity index (χ1v) is 11.8. The molecule has 1 heterocycles. The number of aromatic nitrogens is 2. The van der Waals surface area contributed by atoms with Crippen LogP contribution in [0.1, 0.15) is 52.4 Å². The Hall–Kier alpha value is -1.53. The molecule has 2 aromatic rings. The first-order chi connectivity index (χ1) is 13.9. The van der Waals surface area contributed by atoms with Crippen LogP contribution in [0.15, 0.2) is 28.2 Å². The van der Waals surface area contributed by atoms with Gasteiger partial charge in [0.15, 0.2) is 5.16 Å². The maximum absolute atomic E-state index is 13.1. The van der Waals surface area contributed by atoms with Gasteiger partial charge in [-0.3, -0.25) is 14.2 Å². The number of hydrogen-bond donors (Lipinski definition) is 0. The molecule has 158 valence electrons. The van der Waals surface area contributed by atoms with E-state index >= 15 is 0 Å². The van der Waals surface area contributed by atoms with Gasteiger partial charge in [0, 0.05) is 24.7 Å². The van der Waals surface area contributed by atoms with Crippen LogP contribution in [0.5, 0.6) is 0 Å².